The van der Waals surface area contributed by atoms with Crippen LogP contribution in [0, 0.1) is 13.8 Å². The molecule has 1 amide bonds. The minimum absolute atomic E-state index is 0.152. The van der Waals surface area contributed by atoms with E-state index in [0.29, 0.717) is 11.3 Å². The van der Waals surface area contributed by atoms with Crippen LogP contribution in [0.5, 0.6) is 0 Å². The van der Waals surface area contributed by atoms with E-state index in [0.717, 1.165) is 38.8 Å². The zero-order valence-electron chi connectivity index (χ0n) is 11.0. The highest BCUT2D eigenvalue weighted by Gasteiger charge is 2.22. The SMILES string of the molecule is Cc1n[nH]c(=O)c(C(=O)N2CCCCCC2)c1C. The van der Waals surface area contributed by atoms with E-state index in [1.807, 2.05) is 0 Å². The fourth-order valence-corrected chi connectivity index (χ4v) is 2.31. The molecule has 0 bridgehead atoms. The molecule has 0 spiro atoms. The number of hydrogen-bond donors (Lipinski definition) is 1. The molecule has 0 saturated carbocycles. The van der Waals surface area contributed by atoms with Crippen molar-refractivity contribution >= 4 is 5.91 Å². The number of hydrogen-bond acceptors (Lipinski definition) is 3. The summed E-state index contributed by atoms with van der Waals surface area (Å²) in [6, 6.07) is 0. The van der Waals surface area contributed by atoms with Crippen molar-refractivity contribution in [1.29, 1.82) is 0 Å². The van der Waals surface area contributed by atoms with Crippen LogP contribution in [0.3, 0.4) is 0 Å². The van der Waals surface area contributed by atoms with Gasteiger partial charge in [-0.25, -0.2) is 5.10 Å². The molecule has 0 atom stereocenters. The van der Waals surface area contributed by atoms with E-state index in [9.17, 15) is 9.59 Å². The Morgan fingerprint density at radius 2 is 1.78 bits per heavy atom. The van der Waals surface area contributed by atoms with Gasteiger partial charge in [0.25, 0.3) is 11.5 Å². The van der Waals surface area contributed by atoms with Gasteiger partial charge in [0.05, 0.1) is 5.69 Å². The number of amides is 1. The first kappa shape index (κ1) is 12.8. The highest BCUT2D eigenvalue weighted by molar-refractivity contribution is 5.95. The Bertz CT molecular complexity index is 499. The lowest BCUT2D eigenvalue weighted by Gasteiger charge is -2.20. The molecule has 1 N–H and O–H groups in total. The summed E-state index contributed by atoms with van der Waals surface area (Å²) in [6.45, 7) is 5.07. The molecule has 2 rings (SSSR count). The summed E-state index contributed by atoms with van der Waals surface area (Å²) < 4.78 is 0. The van der Waals surface area contributed by atoms with Gasteiger partial charge in [-0.1, -0.05) is 12.8 Å². The fourth-order valence-electron chi connectivity index (χ4n) is 2.31. The second kappa shape index (κ2) is 5.33. The quantitative estimate of drug-likeness (QED) is 0.818. The van der Waals surface area contributed by atoms with Crippen molar-refractivity contribution in [2.45, 2.75) is 39.5 Å². The average molecular weight is 249 g/mol. The summed E-state index contributed by atoms with van der Waals surface area (Å²) >= 11 is 0. The highest BCUT2D eigenvalue weighted by atomic mass is 16.2. The first-order valence-electron chi connectivity index (χ1n) is 6.46. The molecule has 1 aromatic rings. The second-order valence-electron chi connectivity index (χ2n) is 4.84. The predicted octanol–water partition coefficient (Wildman–Crippen LogP) is 1.40. The number of nitrogens with zero attached hydrogens (tertiary/aromatic N) is 2. The van der Waals surface area contributed by atoms with Crippen LogP contribution in [0.1, 0.15) is 47.3 Å². The Labute approximate surface area is 106 Å². The molecular weight excluding hydrogens is 230 g/mol. The van der Waals surface area contributed by atoms with Gasteiger partial charge in [-0.2, -0.15) is 5.10 Å². The molecule has 0 radical (unpaired) electrons. The van der Waals surface area contributed by atoms with Gasteiger partial charge in [0.2, 0.25) is 0 Å². The largest absolute Gasteiger partial charge is 0.338 e. The average Bonchev–Trinajstić information content (AvgIpc) is 2.63. The number of aryl methyl sites for hydroxylation is 1. The number of carbonyl (C=O) groups is 1. The van der Waals surface area contributed by atoms with Gasteiger partial charge in [0.1, 0.15) is 5.56 Å². The third-order valence-electron chi connectivity index (χ3n) is 3.58. The Morgan fingerprint density at radius 3 is 2.39 bits per heavy atom. The zero-order valence-corrected chi connectivity index (χ0v) is 11.0. The van der Waals surface area contributed by atoms with Gasteiger partial charge in [-0.05, 0) is 32.3 Å². The fraction of sp³-hybridized carbons (Fsp3) is 0.615. The van der Waals surface area contributed by atoms with Crippen LogP contribution in [-0.4, -0.2) is 34.1 Å². The van der Waals surface area contributed by atoms with Crippen LogP contribution in [0.25, 0.3) is 0 Å². The molecule has 5 nitrogen and oxygen atoms in total. The lowest BCUT2D eigenvalue weighted by Crippen LogP contribution is -2.36. The first-order chi connectivity index (χ1) is 8.61. The van der Waals surface area contributed by atoms with Gasteiger partial charge >= 0.3 is 0 Å². The third kappa shape index (κ3) is 2.44. The second-order valence-corrected chi connectivity index (χ2v) is 4.84. The summed E-state index contributed by atoms with van der Waals surface area (Å²) in [5, 5.41) is 6.27. The van der Waals surface area contributed by atoms with E-state index in [-0.39, 0.29) is 17.0 Å². The number of carbonyl (C=O) groups excluding carboxylic acids is 1. The monoisotopic (exact) mass is 249 g/mol. The first-order valence-corrected chi connectivity index (χ1v) is 6.46. The number of H-pyrrole nitrogens is 1. The molecule has 5 heteroatoms. The number of nitrogens with one attached hydrogen (secondary N) is 1. The van der Waals surface area contributed by atoms with Crippen molar-refractivity contribution in [3.8, 4) is 0 Å². The van der Waals surface area contributed by atoms with Gasteiger partial charge in [0.15, 0.2) is 0 Å². The van der Waals surface area contributed by atoms with Gasteiger partial charge in [-0.15, -0.1) is 0 Å². The van der Waals surface area contributed by atoms with Gasteiger partial charge in [0, 0.05) is 13.1 Å². The molecule has 1 aliphatic rings. The molecule has 1 saturated heterocycles. The van der Waals surface area contributed by atoms with Crippen molar-refractivity contribution in [1.82, 2.24) is 15.1 Å². The molecular formula is C13H19N3O2. The van der Waals surface area contributed by atoms with Crippen molar-refractivity contribution in [2.75, 3.05) is 13.1 Å². The molecule has 0 aliphatic carbocycles. The predicted molar refractivity (Wildman–Crippen MR) is 68.7 cm³/mol. The van der Waals surface area contributed by atoms with E-state index in [1.165, 1.54) is 0 Å². The third-order valence-corrected chi connectivity index (χ3v) is 3.58. The van der Waals surface area contributed by atoms with E-state index in [4.69, 9.17) is 0 Å². The van der Waals surface area contributed by atoms with Crippen LogP contribution >= 0.6 is 0 Å². The standard InChI is InChI=1S/C13H19N3O2/c1-9-10(2)14-15-12(17)11(9)13(18)16-7-5-3-4-6-8-16/h3-8H2,1-2H3,(H,15,17). The Kier molecular flexibility index (Phi) is 3.79. The zero-order chi connectivity index (χ0) is 13.1. The van der Waals surface area contributed by atoms with Crippen LogP contribution in [0.4, 0.5) is 0 Å². The summed E-state index contributed by atoms with van der Waals surface area (Å²) in [7, 11) is 0. The maximum Gasteiger partial charge on any atom is 0.277 e. The summed E-state index contributed by atoms with van der Waals surface area (Å²) in [4.78, 5) is 26.0. The van der Waals surface area contributed by atoms with E-state index < -0.39 is 0 Å². The molecule has 0 aromatic carbocycles. The molecule has 2 heterocycles. The van der Waals surface area contributed by atoms with Gasteiger partial charge < -0.3 is 4.90 Å². The van der Waals surface area contributed by atoms with E-state index in [2.05, 4.69) is 10.2 Å². The molecule has 18 heavy (non-hydrogen) atoms. The van der Waals surface area contributed by atoms with E-state index >= 15 is 0 Å². The molecule has 98 valence electrons. The maximum atomic E-state index is 12.4. The number of likely N-dealkylation sites (tertiary alicyclic amines) is 1. The lowest BCUT2D eigenvalue weighted by atomic mass is 10.1. The van der Waals surface area contributed by atoms with Crippen LogP contribution in [-0.2, 0) is 0 Å². The van der Waals surface area contributed by atoms with Crippen LogP contribution in [0.15, 0.2) is 4.79 Å². The van der Waals surface area contributed by atoms with Crippen molar-refractivity contribution in [2.24, 2.45) is 0 Å². The molecule has 1 aromatic heterocycles. The molecule has 1 aliphatic heterocycles. The smallest absolute Gasteiger partial charge is 0.277 e. The summed E-state index contributed by atoms with van der Waals surface area (Å²) in [5.41, 5.74) is 1.26. The van der Waals surface area contributed by atoms with Crippen molar-refractivity contribution < 1.29 is 4.79 Å². The number of aromatic nitrogens is 2. The minimum atomic E-state index is -0.382. The highest BCUT2D eigenvalue weighted by Crippen LogP contribution is 2.14. The van der Waals surface area contributed by atoms with Crippen molar-refractivity contribution in [3.63, 3.8) is 0 Å². The Morgan fingerprint density at radius 1 is 1.17 bits per heavy atom. The topological polar surface area (TPSA) is 66.1 Å². The minimum Gasteiger partial charge on any atom is -0.338 e. The Hall–Kier alpha value is -1.65. The van der Waals surface area contributed by atoms with Gasteiger partial charge in [-0.3, -0.25) is 9.59 Å². The number of aromatic amines is 1. The van der Waals surface area contributed by atoms with Crippen molar-refractivity contribution in [3.05, 3.63) is 27.2 Å². The van der Waals surface area contributed by atoms with Crippen LogP contribution < -0.4 is 5.56 Å². The maximum absolute atomic E-state index is 12.4. The summed E-state index contributed by atoms with van der Waals surface area (Å²) in [6.07, 6.45) is 4.36. The number of rotatable bonds is 1. The lowest BCUT2D eigenvalue weighted by molar-refractivity contribution is 0.0758. The summed E-state index contributed by atoms with van der Waals surface area (Å²) in [5.74, 6) is -0.152. The van der Waals surface area contributed by atoms with Crippen LogP contribution in [0.2, 0.25) is 0 Å². The molecule has 0 unspecified atom stereocenters. The molecule has 1 fully saturated rings. The Balaban J connectivity index is 2.33. The normalized spacial score (nSPS) is 16.4. The van der Waals surface area contributed by atoms with E-state index in [1.54, 1.807) is 18.7 Å².